The molecule has 0 radical (unpaired) electrons. The first kappa shape index (κ1) is 21.0. The van der Waals surface area contributed by atoms with Gasteiger partial charge in [0.15, 0.2) is 5.96 Å². The van der Waals surface area contributed by atoms with Crippen LogP contribution >= 0.6 is 24.0 Å². The van der Waals surface area contributed by atoms with E-state index >= 15 is 0 Å². The SMILES string of the molecule is CCNC(=NCC(C)CO)NCCc1ccccc1OC.I. The second-order valence-corrected chi connectivity index (χ2v) is 5.00. The molecule has 1 atom stereocenters. The van der Waals surface area contributed by atoms with E-state index < -0.39 is 0 Å². The lowest BCUT2D eigenvalue weighted by Crippen LogP contribution is -2.38. The second kappa shape index (κ2) is 12.5. The number of para-hydroxylation sites is 1. The quantitative estimate of drug-likeness (QED) is 0.342. The molecule has 0 saturated carbocycles. The summed E-state index contributed by atoms with van der Waals surface area (Å²) in [4.78, 5) is 4.46. The molecule has 0 aromatic heterocycles. The highest BCUT2D eigenvalue weighted by Crippen LogP contribution is 2.17. The lowest BCUT2D eigenvalue weighted by Gasteiger charge is -2.13. The minimum Gasteiger partial charge on any atom is -0.496 e. The average Bonchev–Trinajstić information content (AvgIpc) is 2.52. The van der Waals surface area contributed by atoms with Gasteiger partial charge >= 0.3 is 0 Å². The van der Waals surface area contributed by atoms with Gasteiger partial charge in [-0.25, -0.2) is 0 Å². The predicted molar refractivity (Wildman–Crippen MR) is 102 cm³/mol. The van der Waals surface area contributed by atoms with Crippen LogP contribution in [0.5, 0.6) is 5.75 Å². The molecule has 0 aliphatic heterocycles. The molecule has 0 spiro atoms. The summed E-state index contributed by atoms with van der Waals surface area (Å²) in [6, 6.07) is 8.02. The number of aliphatic hydroxyl groups excluding tert-OH is 1. The van der Waals surface area contributed by atoms with Gasteiger partial charge in [-0.2, -0.15) is 0 Å². The van der Waals surface area contributed by atoms with Crippen LogP contribution in [0.25, 0.3) is 0 Å². The van der Waals surface area contributed by atoms with E-state index in [4.69, 9.17) is 9.84 Å². The molecule has 0 bridgehead atoms. The highest BCUT2D eigenvalue weighted by Gasteiger charge is 2.03. The number of ether oxygens (including phenoxy) is 1. The third-order valence-corrected chi connectivity index (χ3v) is 3.10. The Morgan fingerprint density at radius 3 is 2.68 bits per heavy atom. The van der Waals surface area contributed by atoms with Crippen molar-refractivity contribution >= 4 is 29.9 Å². The van der Waals surface area contributed by atoms with E-state index in [0.29, 0.717) is 6.54 Å². The maximum absolute atomic E-state index is 9.04. The number of nitrogens with zero attached hydrogens (tertiary/aromatic N) is 1. The van der Waals surface area contributed by atoms with E-state index in [0.717, 1.165) is 31.2 Å². The molecule has 6 heteroatoms. The van der Waals surface area contributed by atoms with Crippen molar-refractivity contribution in [1.82, 2.24) is 10.6 Å². The fraction of sp³-hybridized carbons (Fsp3) is 0.562. The fourth-order valence-electron chi connectivity index (χ4n) is 1.87. The third-order valence-electron chi connectivity index (χ3n) is 3.10. The Hall–Kier alpha value is -1.02. The van der Waals surface area contributed by atoms with Gasteiger partial charge < -0.3 is 20.5 Å². The molecule has 1 aromatic carbocycles. The van der Waals surface area contributed by atoms with Crippen molar-refractivity contribution in [3.05, 3.63) is 29.8 Å². The number of guanidine groups is 1. The van der Waals surface area contributed by atoms with Crippen LogP contribution in [-0.2, 0) is 6.42 Å². The molecular weight excluding hydrogens is 393 g/mol. The first-order chi connectivity index (χ1) is 10.2. The highest BCUT2D eigenvalue weighted by molar-refractivity contribution is 14.0. The Morgan fingerprint density at radius 1 is 1.32 bits per heavy atom. The zero-order chi connectivity index (χ0) is 15.5. The van der Waals surface area contributed by atoms with Gasteiger partial charge in [0.1, 0.15) is 5.75 Å². The van der Waals surface area contributed by atoms with Crippen molar-refractivity contribution < 1.29 is 9.84 Å². The van der Waals surface area contributed by atoms with Crippen LogP contribution < -0.4 is 15.4 Å². The van der Waals surface area contributed by atoms with Gasteiger partial charge in [-0.3, -0.25) is 4.99 Å². The van der Waals surface area contributed by atoms with E-state index in [9.17, 15) is 0 Å². The summed E-state index contributed by atoms with van der Waals surface area (Å²) in [6.45, 7) is 6.37. The standard InChI is InChI=1S/C16H27N3O2.HI/c1-4-17-16(19-11-13(2)12-20)18-10-9-14-7-5-6-8-15(14)21-3;/h5-8,13,20H,4,9-12H2,1-3H3,(H2,17,18,19);1H. The van der Waals surface area contributed by atoms with E-state index in [2.05, 4.69) is 21.7 Å². The van der Waals surface area contributed by atoms with Crippen molar-refractivity contribution in [3.63, 3.8) is 0 Å². The van der Waals surface area contributed by atoms with Crippen LogP contribution in [0.15, 0.2) is 29.3 Å². The maximum Gasteiger partial charge on any atom is 0.191 e. The predicted octanol–water partition coefficient (Wildman–Crippen LogP) is 2.04. The van der Waals surface area contributed by atoms with Gasteiger partial charge in [-0.05, 0) is 30.9 Å². The molecule has 1 aromatic rings. The van der Waals surface area contributed by atoms with Crippen molar-refractivity contribution in [3.8, 4) is 5.75 Å². The van der Waals surface area contributed by atoms with Crippen molar-refractivity contribution in [2.24, 2.45) is 10.9 Å². The van der Waals surface area contributed by atoms with E-state index in [1.807, 2.05) is 32.0 Å². The van der Waals surface area contributed by atoms with Crippen LogP contribution in [0, 0.1) is 5.92 Å². The van der Waals surface area contributed by atoms with E-state index in [1.165, 1.54) is 5.56 Å². The zero-order valence-electron chi connectivity index (χ0n) is 13.6. The first-order valence-corrected chi connectivity index (χ1v) is 7.46. The van der Waals surface area contributed by atoms with Gasteiger partial charge in [0.2, 0.25) is 0 Å². The van der Waals surface area contributed by atoms with Crippen LogP contribution in [0.2, 0.25) is 0 Å². The molecule has 126 valence electrons. The molecule has 0 saturated heterocycles. The fourth-order valence-corrected chi connectivity index (χ4v) is 1.87. The monoisotopic (exact) mass is 421 g/mol. The molecular formula is C16H28IN3O2. The Bertz CT molecular complexity index is 441. The number of hydrogen-bond donors (Lipinski definition) is 3. The minimum atomic E-state index is 0. The van der Waals surface area contributed by atoms with Gasteiger partial charge in [-0.15, -0.1) is 24.0 Å². The average molecular weight is 421 g/mol. The van der Waals surface area contributed by atoms with Crippen LogP contribution in [0.3, 0.4) is 0 Å². The molecule has 3 N–H and O–H groups in total. The number of nitrogens with one attached hydrogen (secondary N) is 2. The molecule has 0 aliphatic rings. The molecule has 1 rings (SSSR count). The summed E-state index contributed by atoms with van der Waals surface area (Å²) in [5.74, 6) is 1.87. The summed E-state index contributed by atoms with van der Waals surface area (Å²) < 4.78 is 5.34. The second-order valence-electron chi connectivity index (χ2n) is 5.00. The van der Waals surface area contributed by atoms with Gasteiger partial charge in [0.05, 0.1) is 7.11 Å². The van der Waals surface area contributed by atoms with Gasteiger partial charge in [-0.1, -0.05) is 25.1 Å². The number of benzene rings is 1. The number of rotatable bonds is 8. The van der Waals surface area contributed by atoms with Crippen molar-refractivity contribution in [2.75, 3.05) is 33.4 Å². The Labute approximate surface area is 150 Å². The lowest BCUT2D eigenvalue weighted by molar-refractivity contribution is 0.241. The minimum absolute atomic E-state index is 0. The summed E-state index contributed by atoms with van der Waals surface area (Å²) in [6.07, 6.45) is 0.865. The van der Waals surface area contributed by atoms with E-state index in [-0.39, 0.29) is 36.5 Å². The van der Waals surface area contributed by atoms with Crippen LogP contribution in [-0.4, -0.2) is 44.4 Å². The Kier molecular flexibility index (Phi) is 11.9. The smallest absolute Gasteiger partial charge is 0.191 e. The van der Waals surface area contributed by atoms with Crippen molar-refractivity contribution in [1.29, 1.82) is 0 Å². The zero-order valence-corrected chi connectivity index (χ0v) is 16.0. The molecule has 22 heavy (non-hydrogen) atoms. The maximum atomic E-state index is 9.04. The number of methoxy groups -OCH3 is 1. The normalized spacial score (nSPS) is 12.3. The highest BCUT2D eigenvalue weighted by atomic mass is 127. The molecule has 5 nitrogen and oxygen atoms in total. The van der Waals surface area contributed by atoms with E-state index in [1.54, 1.807) is 7.11 Å². The van der Waals surface area contributed by atoms with Crippen LogP contribution in [0.4, 0.5) is 0 Å². The molecule has 0 heterocycles. The largest absolute Gasteiger partial charge is 0.496 e. The number of aliphatic imine (C=N–C) groups is 1. The lowest BCUT2D eigenvalue weighted by atomic mass is 10.1. The summed E-state index contributed by atoms with van der Waals surface area (Å²) in [7, 11) is 1.69. The van der Waals surface area contributed by atoms with Crippen molar-refractivity contribution in [2.45, 2.75) is 20.3 Å². The van der Waals surface area contributed by atoms with Gasteiger partial charge in [0.25, 0.3) is 0 Å². The summed E-state index contributed by atoms with van der Waals surface area (Å²) >= 11 is 0. The van der Waals surface area contributed by atoms with Crippen LogP contribution in [0.1, 0.15) is 19.4 Å². The first-order valence-electron chi connectivity index (χ1n) is 7.46. The molecule has 0 amide bonds. The Balaban J connectivity index is 0.00000441. The van der Waals surface area contributed by atoms with Gasteiger partial charge in [0, 0.05) is 26.2 Å². The number of hydrogen-bond acceptors (Lipinski definition) is 3. The number of aliphatic hydroxyl groups is 1. The topological polar surface area (TPSA) is 65.9 Å². The Morgan fingerprint density at radius 2 is 2.05 bits per heavy atom. The molecule has 0 fully saturated rings. The number of halogens is 1. The third kappa shape index (κ3) is 7.84. The molecule has 0 aliphatic carbocycles. The summed E-state index contributed by atoms with van der Waals surface area (Å²) in [5, 5.41) is 15.5. The summed E-state index contributed by atoms with van der Waals surface area (Å²) in [5.41, 5.74) is 1.17. The molecule has 1 unspecified atom stereocenters.